The maximum absolute atomic E-state index is 13.1. The Kier molecular flexibility index (Phi) is 8.45. The second kappa shape index (κ2) is 11.9. The molecule has 3 aromatic carbocycles. The molecule has 2 N–H and O–H groups in total. The first-order chi connectivity index (χ1) is 18.3. The zero-order valence-corrected chi connectivity index (χ0v) is 22.3. The first-order valence-electron chi connectivity index (χ1n) is 11.4. The highest BCUT2D eigenvalue weighted by Gasteiger charge is 2.36. The van der Waals surface area contributed by atoms with Gasteiger partial charge in [-0.3, -0.25) is 19.7 Å². The maximum atomic E-state index is 13.1. The highest BCUT2D eigenvalue weighted by molar-refractivity contribution is 9.10. The van der Waals surface area contributed by atoms with E-state index in [4.69, 9.17) is 21.1 Å². The number of halogens is 2. The average Bonchev–Trinajstić information content (AvgIpc) is 2.88. The predicted molar refractivity (Wildman–Crippen MR) is 146 cm³/mol. The van der Waals surface area contributed by atoms with Crippen LogP contribution in [-0.2, 0) is 14.4 Å². The molecule has 1 heterocycles. The number of ether oxygens (including phenoxy) is 2. The minimum atomic E-state index is -0.846. The van der Waals surface area contributed by atoms with Crippen LogP contribution in [0.2, 0.25) is 5.02 Å². The summed E-state index contributed by atoms with van der Waals surface area (Å²) in [5.41, 5.74) is 1.02. The summed E-state index contributed by atoms with van der Waals surface area (Å²) >= 11 is 9.43. The smallest absolute Gasteiger partial charge is 0.335 e. The summed E-state index contributed by atoms with van der Waals surface area (Å²) < 4.78 is 11.5. The Morgan fingerprint density at radius 3 is 2.47 bits per heavy atom. The van der Waals surface area contributed by atoms with Crippen molar-refractivity contribution in [3.8, 4) is 11.5 Å². The van der Waals surface area contributed by atoms with Crippen molar-refractivity contribution in [2.45, 2.75) is 6.92 Å². The Morgan fingerprint density at radius 1 is 1.05 bits per heavy atom. The zero-order valence-electron chi connectivity index (χ0n) is 20.0. The van der Waals surface area contributed by atoms with Crippen LogP contribution < -0.4 is 25.0 Å². The third-order valence-corrected chi connectivity index (χ3v) is 6.23. The van der Waals surface area contributed by atoms with Crippen LogP contribution in [0.4, 0.5) is 16.2 Å². The molecule has 0 bridgehead atoms. The molecule has 0 spiro atoms. The monoisotopic (exact) mass is 597 g/mol. The number of rotatable bonds is 8. The van der Waals surface area contributed by atoms with Crippen molar-refractivity contribution in [2.75, 3.05) is 23.4 Å². The van der Waals surface area contributed by atoms with Gasteiger partial charge in [-0.25, -0.2) is 9.69 Å². The third-order valence-electron chi connectivity index (χ3n) is 5.28. The van der Waals surface area contributed by atoms with Crippen LogP contribution in [0.15, 0.2) is 76.8 Å². The summed E-state index contributed by atoms with van der Waals surface area (Å²) in [6, 6.07) is 17.2. The van der Waals surface area contributed by atoms with Crippen LogP contribution in [-0.4, -0.2) is 37.0 Å². The molecule has 0 saturated carbocycles. The number of anilines is 2. The molecule has 1 aliphatic rings. The lowest BCUT2D eigenvalue weighted by atomic mass is 10.1. The lowest BCUT2D eigenvalue weighted by molar-refractivity contribution is -0.122. The number of hydrogen-bond donors (Lipinski definition) is 2. The quantitative estimate of drug-likeness (QED) is 0.273. The van der Waals surface area contributed by atoms with E-state index < -0.39 is 23.8 Å². The van der Waals surface area contributed by atoms with Crippen LogP contribution in [0.5, 0.6) is 11.5 Å². The number of carbonyl (C=O) groups excluding carboxylic acids is 4. The molecule has 1 fully saturated rings. The third kappa shape index (κ3) is 6.21. The molecule has 38 heavy (non-hydrogen) atoms. The topological polar surface area (TPSA) is 114 Å². The van der Waals surface area contributed by atoms with Crippen LogP contribution in [0, 0.1) is 0 Å². The molecule has 1 aliphatic heterocycles. The molecule has 3 aromatic rings. The molecule has 11 heteroatoms. The van der Waals surface area contributed by atoms with Crippen molar-refractivity contribution in [3.63, 3.8) is 0 Å². The summed E-state index contributed by atoms with van der Waals surface area (Å²) in [6.45, 7) is 2.04. The molecular weight excluding hydrogens is 578 g/mol. The average molecular weight is 599 g/mol. The standard InChI is InChI=1S/C27H21BrClN3O6/c1-2-37-18-10-8-17(9-11-18)32-26(35)19(25(34)31-27(32)36)13-16-7-12-23(20(28)14-16)38-15-24(33)30-22-6-4-3-5-21(22)29/h3-14H,2,15H2,1H3,(H,30,33)(H,31,34,36)/b19-13+. The number of para-hydroxylation sites is 1. The molecule has 0 aliphatic carbocycles. The Labute approximate surface area is 231 Å². The van der Waals surface area contributed by atoms with E-state index in [0.717, 1.165) is 4.90 Å². The van der Waals surface area contributed by atoms with E-state index >= 15 is 0 Å². The van der Waals surface area contributed by atoms with Crippen molar-refractivity contribution in [3.05, 3.63) is 87.4 Å². The lowest BCUT2D eigenvalue weighted by Gasteiger charge is -2.26. The fraction of sp³-hybridized carbons (Fsp3) is 0.111. The van der Waals surface area contributed by atoms with Crippen LogP contribution in [0.25, 0.3) is 6.08 Å². The van der Waals surface area contributed by atoms with Crippen molar-refractivity contribution in [1.82, 2.24) is 5.32 Å². The molecule has 0 atom stereocenters. The van der Waals surface area contributed by atoms with Gasteiger partial charge >= 0.3 is 6.03 Å². The van der Waals surface area contributed by atoms with Crippen molar-refractivity contribution < 1.29 is 28.7 Å². The summed E-state index contributed by atoms with van der Waals surface area (Å²) in [4.78, 5) is 51.2. The predicted octanol–water partition coefficient (Wildman–Crippen LogP) is 5.19. The van der Waals surface area contributed by atoms with Gasteiger partial charge in [0.05, 0.1) is 27.5 Å². The van der Waals surface area contributed by atoms with E-state index in [1.807, 2.05) is 6.92 Å². The van der Waals surface area contributed by atoms with Gasteiger partial charge in [0.25, 0.3) is 17.7 Å². The Bertz CT molecular complexity index is 1440. The molecule has 0 unspecified atom stereocenters. The minimum Gasteiger partial charge on any atom is -0.494 e. The Balaban J connectivity index is 1.47. The van der Waals surface area contributed by atoms with E-state index in [1.54, 1.807) is 66.7 Å². The van der Waals surface area contributed by atoms with Gasteiger partial charge < -0.3 is 14.8 Å². The van der Waals surface area contributed by atoms with Crippen molar-refractivity contribution in [2.24, 2.45) is 0 Å². The van der Waals surface area contributed by atoms with Gasteiger partial charge in [-0.15, -0.1) is 0 Å². The summed E-state index contributed by atoms with van der Waals surface area (Å²) in [7, 11) is 0. The molecule has 5 amide bonds. The maximum Gasteiger partial charge on any atom is 0.335 e. The fourth-order valence-electron chi connectivity index (χ4n) is 3.53. The van der Waals surface area contributed by atoms with E-state index in [-0.39, 0.29) is 17.9 Å². The van der Waals surface area contributed by atoms with E-state index in [2.05, 4.69) is 26.6 Å². The number of amides is 5. The molecule has 4 rings (SSSR count). The fourth-order valence-corrected chi connectivity index (χ4v) is 4.23. The summed E-state index contributed by atoms with van der Waals surface area (Å²) in [6.07, 6.45) is 1.37. The number of nitrogens with zero attached hydrogens (tertiary/aromatic N) is 1. The SMILES string of the molecule is CCOc1ccc(N2C(=O)NC(=O)/C(=C\c3ccc(OCC(=O)Nc4ccccc4Cl)c(Br)c3)C2=O)cc1. The van der Waals surface area contributed by atoms with Gasteiger partial charge in [0.1, 0.15) is 17.1 Å². The number of hydrogen-bond acceptors (Lipinski definition) is 6. The minimum absolute atomic E-state index is 0.224. The molecular formula is C27H21BrClN3O6. The van der Waals surface area contributed by atoms with Gasteiger partial charge in [0, 0.05) is 0 Å². The molecule has 0 radical (unpaired) electrons. The molecule has 1 saturated heterocycles. The van der Waals surface area contributed by atoms with Gasteiger partial charge in [0.2, 0.25) is 0 Å². The van der Waals surface area contributed by atoms with Gasteiger partial charge in [0.15, 0.2) is 6.61 Å². The van der Waals surface area contributed by atoms with Gasteiger partial charge in [-0.2, -0.15) is 0 Å². The Hall–Kier alpha value is -4.15. The number of imide groups is 2. The van der Waals surface area contributed by atoms with E-state index in [1.165, 1.54) is 6.08 Å². The first kappa shape index (κ1) is 26.9. The van der Waals surface area contributed by atoms with Crippen molar-refractivity contribution in [1.29, 1.82) is 0 Å². The van der Waals surface area contributed by atoms with Gasteiger partial charge in [-0.1, -0.05) is 29.8 Å². The lowest BCUT2D eigenvalue weighted by Crippen LogP contribution is -2.54. The number of nitrogens with one attached hydrogen (secondary N) is 2. The second-order valence-electron chi connectivity index (χ2n) is 7.89. The van der Waals surface area contributed by atoms with Crippen LogP contribution in [0.1, 0.15) is 12.5 Å². The number of urea groups is 1. The van der Waals surface area contributed by atoms with Crippen LogP contribution >= 0.6 is 27.5 Å². The highest BCUT2D eigenvalue weighted by Crippen LogP contribution is 2.29. The molecule has 194 valence electrons. The number of barbiturate groups is 1. The molecule has 9 nitrogen and oxygen atoms in total. The summed E-state index contributed by atoms with van der Waals surface area (Å²) in [5, 5.41) is 5.26. The Morgan fingerprint density at radius 2 is 1.79 bits per heavy atom. The zero-order chi connectivity index (χ0) is 27.2. The van der Waals surface area contributed by atoms with Crippen molar-refractivity contribution >= 4 is 68.7 Å². The highest BCUT2D eigenvalue weighted by atomic mass is 79.9. The second-order valence-corrected chi connectivity index (χ2v) is 9.15. The van der Waals surface area contributed by atoms with Crippen LogP contribution in [0.3, 0.4) is 0 Å². The van der Waals surface area contributed by atoms with E-state index in [0.29, 0.717) is 38.9 Å². The first-order valence-corrected chi connectivity index (χ1v) is 12.5. The largest absolute Gasteiger partial charge is 0.494 e. The number of benzene rings is 3. The van der Waals surface area contributed by atoms with Gasteiger partial charge in [-0.05, 0) is 83.0 Å². The number of carbonyl (C=O) groups is 4. The van der Waals surface area contributed by atoms with E-state index in [9.17, 15) is 19.2 Å². The molecule has 0 aromatic heterocycles. The normalized spacial score (nSPS) is 14.3. The summed E-state index contributed by atoms with van der Waals surface area (Å²) in [5.74, 6) is -1.03.